The smallest absolute Gasteiger partial charge is 0.258 e. The molecule has 30 heavy (non-hydrogen) atoms. The third kappa shape index (κ3) is 4.18. The van der Waals surface area contributed by atoms with Gasteiger partial charge in [-0.1, -0.05) is 41.9 Å². The van der Waals surface area contributed by atoms with Crippen molar-refractivity contribution in [3.05, 3.63) is 95.4 Å². The van der Waals surface area contributed by atoms with Gasteiger partial charge in [0.15, 0.2) is 6.61 Å². The van der Waals surface area contributed by atoms with Gasteiger partial charge in [-0.25, -0.2) is 0 Å². The van der Waals surface area contributed by atoms with E-state index in [1.165, 1.54) is 6.20 Å². The standard InChI is InChI=1S/C23H18ClN3O3/c24-19-12-18(23(29)22-17(19)9-5-11-26-22)21(15-6-2-1-3-7-15)27-20(28)14-30-16-8-4-10-25-13-16/h1-13,21,29H,14H2,(H,27,28). The van der Waals surface area contributed by atoms with Crippen molar-refractivity contribution < 1.29 is 14.6 Å². The Morgan fingerprint density at radius 2 is 1.90 bits per heavy atom. The highest BCUT2D eigenvalue weighted by molar-refractivity contribution is 6.35. The molecule has 0 radical (unpaired) electrons. The van der Waals surface area contributed by atoms with Gasteiger partial charge in [0.05, 0.1) is 17.3 Å². The molecule has 1 amide bonds. The number of rotatable bonds is 6. The molecule has 2 heterocycles. The van der Waals surface area contributed by atoms with E-state index in [0.717, 1.165) is 5.56 Å². The lowest BCUT2D eigenvalue weighted by Crippen LogP contribution is -2.33. The monoisotopic (exact) mass is 419 g/mol. The van der Waals surface area contributed by atoms with Gasteiger partial charge in [0.1, 0.15) is 17.0 Å². The van der Waals surface area contributed by atoms with E-state index in [4.69, 9.17) is 16.3 Å². The van der Waals surface area contributed by atoms with Gasteiger partial charge in [-0.2, -0.15) is 0 Å². The SMILES string of the molecule is O=C(COc1cccnc1)NC(c1ccccc1)c1cc(Cl)c2cccnc2c1O. The Bertz CT molecular complexity index is 1170. The zero-order valence-electron chi connectivity index (χ0n) is 15.8. The van der Waals surface area contributed by atoms with Crippen LogP contribution in [0, 0.1) is 0 Å². The molecule has 4 rings (SSSR count). The van der Waals surface area contributed by atoms with E-state index >= 15 is 0 Å². The predicted molar refractivity (Wildman–Crippen MR) is 115 cm³/mol. The van der Waals surface area contributed by atoms with Gasteiger partial charge < -0.3 is 15.2 Å². The van der Waals surface area contributed by atoms with Gasteiger partial charge in [-0.15, -0.1) is 0 Å². The van der Waals surface area contributed by atoms with E-state index < -0.39 is 6.04 Å². The molecule has 2 aromatic heterocycles. The number of pyridine rings is 2. The first-order valence-electron chi connectivity index (χ1n) is 9.26. The van der Waals surface area contributed by atoms with Crippen molar-refractivity contribution in [3.8, 4) is 11.5 Å². The van der Waals surface area contributed by atoms with Gasteiger partial charge in [0.2, 0.25) is 0 Å². The molecule has 7 heteroatoms. The van der Waals surface area contributed by atoms with Crippen LogP contribution in [0.1, 0.15) is 17.2 Å². The lowest BCUT2D eigenvalue weighted by atomic mass is 9.96. The highest BCUT2D eigenvalue weighted by atomic mass is 35.5. The average molecular weight is 420 g/mol. The normalized spacial score (nSPS) is 11.8. The molecule has 2 N–H and O–H groups in total. The number of ether oxygens (including phenoxy) is 1. The molecule has 0 aliphatic carbocycles. The summed E-state index contributed by atoms with van der Waals surface area (Å²) in [5, 5.41) is 14.9. The van der Waals surface area contributed by atoms with Crippen LogP contribution in [0.25, 0.3) is 10.9 Å². The number of halogens is 1. The van der Waals surface area contributed by atoms with Crippen molar-refractivity contribution >= 4 is 28.4 Å². The van der Waals surface area contributed by atoms with Crippen molar-refractivity contribution in [1.82, 2.24) is 15.3 Å². The number of benzene rings is 2. The molecule has 0 saturated carbocycles. The number of phenols is 1. The first-order valence-corrected chi connectivity index (χ1v) is 9.64. The summed E-state index contributed by atoms with van der Waals surface area (Å²) in [6, 6.07) is 17.3. The van der Waals surface area contributed by atoms with Crippen LogP contribution in [0.5, 0.6) is 11.5 Å². The summed E-state index contributed by atoms with van der Waals surface area (Å²) < 4.78 is 5.49. The maximum Gasteiger partial charge on any atom is 0.258 e. The molecule has 0 aliphatic rings. The quantitative estimate of drug-likeness (QED) is 0.487. The third-order valence-corrected chi connectivity index (χ3v) is 4.91. The Morgan fingerprint density at radius 1 is 1.10 bits per heavy atom. The lowest BCUT2D eigenvalue weighted by molar-refractivity contribution is -0.123. The van der Waals surface area contributed by atoms with Crippen molar-refractivity contribution in [2.24, 2.45) is 0 Å². The number of carbonyl (C=O) groups is 1. The Kier molecular flexibility index (Phi) is 5.77. The van der Waals surface area contributed by atoms with Crippen molar-refractivity contribution in [2.45, 2.75) is 6.04 Å². The van der Waals surface area contributed by atoms with E-state index in [1.54, 1.807) is 42.7 Å². The van der Waals surface area contributed by atoms with Crippen LogP contribution in [0.3, 0.4) is 0 Å². The van der Waals surface area contributed by atoms with Gasteiger partial charge in [0.25, 0.3) is 5.91 Å². The summed E-state index contributed by atoms with van der Waals surface area (Å²) in [5.41, 5.74) is 1.61. The summed E-state index contributed by atoms with van der Waals surface area (Å²) in [4.78, 5) is 20.9. The number of carbonyl (C=O) groups excluding carboxylic acids is 1. The topological polar surface area (TPSA) is 84.3 Å². The summed E-state index contributed by atoms with van der Waals surface area (Å²) in [7, 11) is 0. The second kappa shape index (κ2) is 8.80. The minimum Gasteiger partial charge on any atom is -0.505 e. The van der Waals surface area contributed by atoms with Crippen LogP contribution in [-0.2, 0) is 4.79 Å². The Balaban J connectivity index is 1.67. The number of amides is 1. The van der Waals surface area contributed by atoms with E-state index in [-0.39, 0.29) is 18.3 Å². The number of fused-ring (bicyclic) bond motifs is 1. The molecular weight excluding hydrogens is 402 g/mol. The van der Waals surface area contributed by atoms with Crippen LogP contribution in [0.4, 0.5) is 0 Å². The molecule has 0 fully saturated rings. The highest BCUT2D eigenvalue weighted by Gasteiger charge is 2.23. The van der Waals surface area contributed by atoms with Gasteiger partial charge >= 0.3 is 0 Å². The Morgan fingerprint density at radius 3 is 2.67 bits per heavy atom. The number of aromatic hydroxyl groups is 1. The van der Waals surface area contributed by atoms with E-state index in [0.29, 0.717) is 27.2 Å². The Hall–Kier alpha value is -3.64. The van der Waals surface area contributed by atoms with Gasteiger partial charge in [-0.3, -0.25) is 14.8 Å². The fourth-order valence-corrected chi connectivity index (χ4v) is 3.47. The molecule has 1 atom stereocenters. The number of nitrogens with zero attached hydrogens (tertiary/aromatic N) is 2. The molecule has 150 valence electrons. The molecule has 0 spiro atoms. The Labute approximate surface area is 178 Å². The van der Waals surface area contributed by atoms with E-state index in [9.17, 15) is 9.90 Å². The molecule has 2 aromatic carbocycles. The molecule has 0 bridgehead atoms. The third-order valence-electron chi connectivity index (χ3n) is 4.60. The second-order valence-corrected chi connectivity index (χ2v) is 6.99. The summed E-state index contributed by atoms with van der Waals surface area (Å²) in [6.07, 6.45) is 4.74. The average Bonchev–Trinajstić information content (AvgIpc) is 2.80. The maximum atomic E-state index is 12.6. The fourth-order valence-electron chi connectivity index (χ4n) is 3.20. The van der Waals surface area contributed by atoms with Crippen LogP contribution < -0.4 is 10.1 Å². The predicted octanol–water partition coefficient (Wildman–Crippen LogP) is 4.27. The van der Waals surface area contributed by atoms with Crippen LogP contribution >= 0.6 is 11.6 Å². The maximum absolute atomic E-state index is 12.6. The fraction of sp³-hybridized carbons (Fsp3) is 0.0870. The van der Waals surface area contributed by atoms with Gasteiger partial charge in [0, 0.05) is 23.3 Å². The minimum absolute atomic E-state index is 0.0302. The zero-order chi connectivity index (χ0) is 20.9. The van der Waals surface area contributed by atoms with Crippen LogP contribution in [0.15, 0.2) is 79.3 Å². The number of phenolic OH excluding ortho intramolecular Hbond substituents is 1. The summed E-state index contributed by atoms with van der Waals surface area (Å²) in [6.45, 7) is -0.199. The van der Waals surface area contributed by atoms with Gasteiger partial charge in [-0.05, 0) is 35.9 Å². The zero-order valence-corrected chi connectivity index (χ0v) is 16.6. The molecule has 0 aliphatic heterocycles. The summed E-state index contributed by atoms with van der Waals surface area (Å²) >= 11 is 6.45. The van der Waals surface area contributed by atoms with Crippen molar-refractivity contribution in [2.75, 3.05) is 6.61 Å². The first kappa shape index (κ1) is 19.7. The highest BCUT2D eigenvalue weighted by Crippen LogP contribution is 2.38. The van der Waals surface area contributed by atoms with Crippen LogP contribution in [-0.4, -0.2) is 27.6 Å². The second-order valence-electron chi connectivity index (χ2n) is 6.58. The first-order chi connectivity index (χ1) is 14.6. The molecular formula is C23H18ClN3O3. The summed E-state index contributed by atoms with van der Waals surface area (Å²) in [5.74, 6) is 0.103. The molecule has 6 nitrogen and oxygen atoms in total. The van der Waals surface area contributed by atoms with Crippen molar-refractivity contribution in [1.29, 1.82) is 0 Å². The number of hydrogen-bond donors (Lipinski definition) is 2. The van der Waals surface area contributed by atoms with E-state index in [1.807, 2.05) is 30.3 Å². The molecule has 0 saturated heterocycles. The number of nitrogens with one attached hydrogen (secondary N) is 1. The largest absolute Gasteiger partial charge is 0.505 e. The molecule has 1 unspecified atom stereocenters. The number of aromatic nitrogens is 2. The van der Waals surface area contributed by atoms with Crippen LogP contribution in [0.2, 0.25) is 5.02 Å². The van der Waals surface area contributed by atoms with E-state index in [2.05, 4.69) is 15.3 Å². The minimum atomic E-state index is -0.639. The number of hydrogen-bond acceptors (Lipinski definition) is 5. The van der Waals surface area contributed by atoms with Crippen molar-refractivity contribution in [3.63, 3.8) is 0 Å². The molecule has 4 aromatic rings. The lowest BCUT2D eigenvalue weighted by Gasteiger charge is -2.22.